The molecule has 0 aliphatic carbocycles. The molecule has 0 aromatic rings. The first-order valence-electron chi connectivity index (χ1n) is 1.85. The van der Waals surface area contributed by atoms with Crippen molar-refractivity contribution in [1.82, 2.24) is 5.32 Å². The second-order valence-electron chi connectivity index (χ2n) is 0.894. The predicted octanol–water partition coefficient (Wildman–Crippen LogP) is 0.127. The molecular formula is C2H6FNO3P+. The van der Waals surface area contributed by atoms with E-state index in [2.05, 4.69) is 9.84 Å². The van der Waals surface area contributed by atoms with Crippen molar-refractivity contribution in [3.63, 3.8) is 0 Å². The van der Waals surface area contributed by atoms with Gasteiger partial charge in [0.25, 0.3) is 0 Å². The van der Waals surface area contributed by atoms with Crippen LogP contribution in [0, 0.1) is 0 Å². The zero-order valence-corrected chi connectivity index (χ0v) is 4.90. The lowest BCUT2D eigenvalue weighted by Crippen LogP contribution is -2.15. The number of nitrogens with one attached hydrogen (secondary N) is 1. The van der Waals surface area contributed by atoms with Crippen molar-refractivity contribution in [1.29, 1.82) is 0 Å². The molecule has 48 valence electrons. The van der Waals surface area contributed by atoms with Gasteiger partial charge in [0.1, 0.15) is 0 Å². The molecule has 1 atom stereocenters. The topological polar surface area (TPSA) is 58.6 Å². The Morgan fingerprint density at radius 2 is 2.50 bits per heavy atom. The summed E-state index contributed by atoms with van der Waals surface area (Å²) in [6.07, 6.45) is 0. The van der Waals surface area contributed by atoms with E-state index in [0.29, 0.717) is 0 Å². The van der Waals surface area contributed by atoms with Gasteiger partial charge in [0.2, 0.25) is 0 Å². The lowest BCUT2D eigenvalue weighted by atomic mass is 11.1. The molecule has 4 nitrogen and oxygen atoms in total. The molecule has 0 aliphatic rings. The number of aliphatic hydroxyl groups is 1. The quantitative estimate of drug-likeness (QED) is 0.332. The molecule has 0 aromatic carbocycles. The lowest BCUT2D eigenvalue weighted by molar-refractivity contribution is 0.198. The Hall–Kier alpha value is -0.0900. The van der Waals surface area contributed by atoms with Crippen LogP contribution in [-0.2, 0) is 9.09 Å². The Bertz CT molecular complexity index is 79.7. The minimum Gasteiger partial charge on any atom is -0.381 e. The van der Waals surface area contributed by atoms with Gasteiger partial charge in [-0.2, -0.15) is 0 Å². The van der Waals surface area contributed by atoms with Crippen LogP contribution in [0.4, 0.5) is 4.20 Å². The standard InChI is InChI=1S/C2H6FNO3P/c3-8(6)7-2-4-1-5/h4-5H,1-2H2/q+1. The van der Waals surface area contributed by atoms with E-state index >= 15 is 0 Å². The van der Waals surface area contributed by atoms with Crippen LogP contribution in [0.5, 0.6) is 0 Å². The van der Waals surface area contributed by atoms with E-state index in [1.807, 2.05) is 0 Å². The molecule has 0 bridgehead atoms. The minimum absolute atomic E-state index is 0.234. The van der Waals surface area contributed by atoms with Crippen molar-refractivity contribution < 1.29 is 18.4 Å². The van der Waals surface area contributed by atoms with Crippen LogP contribution in [0.15, 0.2) is 0 Å². The summed E-state index contributed by atoms with van der Waals surface area (Å²) in [4.78, 5) is 0. The fourth-order valence-corrected chi connectivity index (χ4v) is 0.335. The van der Waals surface area contributed by atoms with Crippen molar-refractivity contribution in [2.75, 3.05) is 13.5 Å². The van der Waals surface area contributed by atoms with E-state index in [1.165, 1.54) is 0 Å². The molecular weight excluding hydrogens is 136 g/mol. The third-order valence-corrected chi connectivity index (χ3v) is 0.712. The summed E-state index contributed by atoms with van der Waals surface area (Å²) >= 11 is 0. The molecule has 0 amide bonds. The summed E-state index contributed by atoms with van der Waals surface area (Å²) in [5.74, 6) is 0. The molecule has 6 heteroatoms. The van der Waals surface area contributed by atoms with Gasteiger partial charge in [0.05, 0.1) is 10.9 Å². The summed E-state index contributed by atoms with van der Waals surface area (Å²) in [6, 6.07) is 0. The third-order valence-electron chi connectivity index (χ3n) is 0.380. The number of halogens is 1. The van der Waals surface area contributed by atoms with E-state index in [4.69, 9.17) is 5.11 Å². The highest BCUT2D eigenvalue weighted by atomic mass is 31.2. The van der Waals surface area contributed by atoms with Gasteiger partial charge in [-0.05, 0) is 0 Å². The maximum Gasteiger partial charge on any atom is 0.747 e. The largest absolute Gasteiger partial charge is 0.747 e. The van der Waals surface area contributed by atoms with E-state index in [0.717, 1.165) is 0 Å². The van der Waals surface area contributed by atoms with E-state index in [9.17, 15) is 8.76 Å². The predicted molar refractivity (Wildman–Crippen MR) is 24.9 cm³/mol. The molecule has 0 spiro atoms. The molecule has 1 unspecified atom stereocenters. The first-order chi connectivity index (χ1) is 3.77. The summed E-state index contributed by atoms with van der Waals surface area (Å²) < 4.78 is 24.5. The molecule has 0 saturated carbocycles. The van der Waals surface area contributed by atoms with Crippen LogP contribution >= 0.6 is 8.34 Å². The van der Waals surface area contributed by atoms with E-state index in [1.54, 1.807) is 0 Å². The van der Waals surface area contributed by atoms with Gasteiger partial charge < -0.3 is 5.11 Å². The van der Waals surface area contributed by atoms with Gasteiger partial charge >= 0.3 is 8.34 Å². The highest BCUT2D eigenvalue weighted by molar-refractivity contribution is 7.32. The van der Waals surface area contributed by atoms with Gasteiger partial charge in [0, 0.05) is 4.57 Å². The lowest BCUT2D eigenvalue weighted by Gasteiger charge is -1.87. The Balaban J connectivity index is 2.82. The van der Waals surface area contributed by atoms with Crippen LogP contribution in [0.1, 0.15) is 0 Å². The Morgan fingerprint density at radius 1 is 1.88 bits per heavy atom. The minimum atomic E-state index is -3.04. The highest BCUT2D eigenvalue weighted by Crippen LogP contribution is 2.20. The molecule has 0 radical (unpaired) electrons. The van der Waals surface area contributed by atoms with Crippen LogP contribution in [-0.4, -0.2) is 18.6 Å². The van der Waals surface area contributed by atoms with Crippen molar-refractivity contribution in [3.8, 4) is 0 Å². The van der Waals surface area contributed by atoms with Gasteiger partial charge in [-0.3, -0.25) is 5.32 Å². The normalized spacial score (nSPS) is 11.5. The zero-order chi connectivity index (χ0) is 6.41. The van der Waals surface area contributed by atoms with Gasteiger partial charge in [-0.25, -0.2) is 0 Å². The van der Waals surface area contributed by atoms with Crippen molar-refractivity contribution in [3.05, 3.63) is 0 Å². The average molecular weight is 142 g/mol. The number of hydrogen-bond acceptors (Lipinski definition) is 4. The Kier molecular flexibility index (Phi) is 5.00. The fraction of sp³-hybridized carbons (Fsp3) is 1.00. The van der Waals surface area contributed by atoms with Crippen molar-refractivity contribution in [2.24, 2.45) is 0 Å². The summed E-state index contributed by atoms with van der Waals surface area (Å²) in [7, 11) is -3.04. The van der Waals surface area contributed by atoms with Crippen LogP contribution in [0.25, 0.3) is 0 Å². The van der Waals surface area contributed by atoms with Crippen molar-refractivity contribution in [2.45, 2.75) is 0 Å². The molecule has 0 rings (SSSR count). The van der Waals surface area contributed by atoms with Gasteiger partial charge in [-0.1, -0.05) is 4.52 Å². The molecule has 0 saturated heterocycles. The molecule has 0 aliphatic heterocycles. The summed E-state index contributed by atoms with van der Waals surface area (Å²) in [5.41, 5.74) is 0. The second-order valence-corrected chi connectivity index (χ2v) is 1.58. The van der Waals surface area contributed by atoms with Crippen LogP contribution in [0.3, 0.4) is 0 Å². The fourth-order valence-electron chi connectivity index (χ4n) is 0.142. The second kappa shape index (κ2) is 5.05. The maximum atomic E-state index is 11.2. The Labute approximate surface area is 46.6 Å². The molecule has 0 aromatic heterocycles. The number of rotatable bonds is 4. The van der Waals surface area contributed by atoms with Crippen LogP contribution in [0.2, 0.25) is 0 Å². The maximum absolute atomic E-state index is 11.2. The van der Waals surface area contributed by atoms with Crippen LogP contribution < -0.4 is 5.32 Å². The average Bonchev–Trinajstić information content (AvgIpc) is 1.66. The molecule has 0 heterocycles. The van der Waals surface area contributed by atoms with Gasteiger partial charge in [-0.15, -0.1) is 0 Å². The molecule has 0 fully saturated rings. The molecule has 2 N–H and O–H groups in total. The monoisotopic (exact) mass is 142 g/mol. The van der Waals surface area contributed by atoms with Crippen molar-refractivity contribution >= 4 is 8.34 Å². The third kappa shape index (κ3) is 5.91. The van der Waals surface area contributed by atoms with Gasteiger partial charge in [0.15, 0.2) is 6.73 Å². The van der Waals surface area contributed by atoms with E-state index < -0.39 is 8.34 Å². The smallest absolute Gasteiger partial charge is 0.381 e. The number of aliphatic hydroxyl groups excluding tert-OH is 1. The SMILES string of the molecule is O=[P+](F)OCNCO. The number of hydrogen-bond donors (Lipinski definition) is 2. The first-order valence-corrected chi connectivity index (χ1v) is 2.91. The summed E-state index contributed by atoms with van der Waals surface area (Å²) in [5, 5.41) is 10.2. The summed E-state index contributed by atoms with van der Waals surface area (Å²) in [6.45, 7) is -0.550. The Morgan fingerprint density at radius 3 is 2.88 bits per heavy atom. The molecule has 8 heavy (non-hydrogen) atoms. The van der Waals surface area contributed by atoms with E-state index in [-0.39, 0.29) is 13.5 Å². The first kappa shape index (κ1) is 7.91. The zero-order valence-electron chi connectivity index (χ0n) is 4.00. The highest BCUT2D eigenvalue weighted by Gasteiger charge is 2.13.